The van der Waals surface area contributed by atoms with Crippen molar-refractivity contribution < 1.29 is 4.79 Å². The summed E-state index contributed by atoms with van der Waals surface area (Å²) in [6, 6.07) is 0. The van der Waals surface area contributed by atoms with Crippen LogP contribution in [0.5, 0.6) is 0 Å². The lowest BCUT2D eigenvalue weighted by molar-refractivity contribution is -0.125. The van der Waals surface area contributed by atoms with E-state index in [-0.39, 0.29) is 11.8 Å². The number of carbonyl (C=O) groups is 1. The molecule has 0 aromatic carbocycles. The molecule has 3 unspecified atom stereocenters. The number of primary amides is 1. The molecule has 1 amide bonds. The first-order valence-electron chi connectivity index (χ1n) is 5.08. The third-order valence-corrected chi connectivity index (χ3v) is 3.70. The average molecular weight is 167 g/mol. The fourth-order valence-electron chi connectivity index (χ4n) is 2.82. The van der Waals surface area contributed by atoms with Gasteiger partial charge in [0.25, 0.3) is 0 Å². The molecule has 2 heteroatoms. The van der Waals surface area contributed by atoms with Crippen molar-refractivity contribution in [1.82, 2.24) is 0 Å². The van der Waals surface area contributed by atoms with Crippen molar-refractivity contribution in [3.63, 3.8) is 0 Å². The zero-order valence-electron chi connectivity index (χ0n) is 7.46. The van der Waals surface area contributed by atoms with E-state index in [0.717, 1.165) is 12.3 Å². The highest BCUT2D eigenvalue weighted by Gasteiger charge is 2.40. The molecule has 0 saturated heterocycles. The van der Waals surface area contributed by atoms with Crippen LogP contribution >= 0.6 is 0 Å². The van der Waals surface area contributed by atoms with E-state index in [1.165, 1.54) is 32.1 Å². The van der Waals surface area contributed by atoms with Crippen molar-refractivity contribution in [3.8, 4) is 0 Å². The molecule has 2 N–H and O–H groups in total. The number of hydrogen-bond acceptors (Lipinski definition) is 1. The fraction of sp³-hybridized carbons (Fsp3) is 0.900. The quantitative estimate of drug-likeness (QED) is 0.634. The van der Waals surface area contributed by atoms with Crippen molar-refractivity contribution in [1.29, 1.82) is 0 Å². The van der Waals surface area contributed by atoms with E-state index in [9.17, 15) is 4.79 Å². The summed E-state index contributed by atoms with van der Waals surface area (Å²) >= 11 is 0. The second-order valence-corrected chi connectivity index (χ2v) is 4.29. The first-order valence-corrected chi connectivity index (χ1v) is 5.08. The van der Waals surface area contributed by atoms with Crippen molar-refractivity contribution in [2.75, 3.05) is 0 Å². The summed E-state index contributed by atoms with van der Waals surface area (Å²) in [7, 11) is 0. The van der Waals surface area contributed by atoms with Crippen LogP contribution in [-0.4, -0.2) is 5.91 Å². The molecule has 0 radical (unpaired) electrons. The Labute approximate surface area is 73.5 Å². The van der Waals surface area contributed by atoms with Gasteiger partial charge < -0.3 is 5.73 Å². The first-order chi connectivity index (χ1) is 5.79. The van der Waals surface area contributed by atoms with E-state index in [1.54, 1.807) is 0 Å². The van der Waals surface area contributed by atoms with Crippen LogP contribution in [0.4, 0.5) is 0 Å². The second kappa shape index (κ2) is 3.08. The van der Waals surface area contributed by atoms with Gasteiger partial charge in [-0.25, -0.2) is 0 Å². The van der Waals surface area contributed by atoms with Crippen LogP contribution in [0.25, 0.3) is 0 Å². The van der Waals surface area contributed by atoms with Gasteiger partial charge in [-0.05, 0) is 31.1 Å². The summed E-state index contributed by atoms with van der Waals surface area (Å²) in [6.45, 7) is 0. The first kappa shape index (κ1) is 8.09. The van der Waals surface area contributed by atoms with E-state index >= 15 is 0 Å². The Morgan fingerprint density at radius 2 is 1.83 bits per heavy atom. The van der Waals surface area contributed by atoms with Crippen LogP contribution in [0.15, 0.2) is 0 Å². The molecule has 0 heterocycles. The summed E-state index contributed by atoms with van der Waals surface area (Å²) in [5.74, 6) is 1.66. The lowest BCUT2D eigenvalue weighted by atomic mass is 9.66. The summed E-state index contributed by atoms with van der Waals surface area (Å²) in [5.41, 5.74) is 5.38. The van der Waals surface area contributed by atoms with Crippen LogP contribution in [0, 0.1) is 17.8 Å². The van der Waals surface area contributed by atoms with Crippen LogP contribution in [-0.2, 0) is 4.79 Å². The highest BCUT2D eigenvalue weighted by atomic mass is 16.1. The number of carbonyl (C=O) groups excluding carboxylic acids is 1. The summed E-state index contributed by atoms with van der Waals surface area (Å²) in [4.78, 5) is 11.1. The van der Waals surface area contributed by atoms with Gasteiger partial charge in [0.15, 0.2) is 0 Å². The molecule has 0 bridgehead atoms. The van der Waals surface area contributed by atoms with Crippen LogP contribution in [0.3, 0.4) is 0 Å². The van der Waals surface area contributed by atoms with Crippen molar-refractivity contribution in [3.05, 3.63) is 0 Å². The normalized spacial score (nSPS) is 40.8. The number of amides is 1. The second-order valence-electron chi connectivity index (χ2n) is 4.29. The number of rotatable bonds is 1. The van der Waals surface area contributed by atoms with Gasteiger partial charge in [0.2, 0.25) is 5.91 Å². The van der Waals surface area contributed by atoms with Crippen LogP contribution < -0.4 is 5.73 Å². The van der Waals surface area contributed by atoms with Gasteiger partial charge in [0.1, 0.15) is 0 Å². The lowest BCUT2D eigenvalue weighted by Crippen LogP contribution is -2.38. The van der Waals surface area contributed by atoms with Gasteiger partial charge in [-0.1, -0.05) is 19.3 Å². The van der Waals surface area contributed by atoms with Crippen molar-refractivity contribution in [2.24, 2.45) is 23.5 Å². The standard InChI is InChI=1S/C10H17NO/c11-10(12)9-4-2-1-3-7-5-6-8(7)9/h7-9H,1-6H2,(H2,11,12). The Hall–Kier alpha value is -0.530. The molecule has 2 rings (SSSR count). The zero-order valence-corrected chi connectivity index (χ0v) is 7.46. The maximum atomic E-state index is 11.1. The molecular weight excluding hydrogens is 150 g/mol. The molecular formula is C10H17NO. The minimum Gasteiger partial charge on any atom is -0.369 e. The van der Waals surface area contributed by atoms with E-state index in [2.05, 4.69) is 0 Å². The lowest BCUT2D eigenvalue weighted by Gasteiger charge is -2.39. The van der Waals surface area contributed by atoms with Gasteiger partial charge in [-0.3, -0.25) is 4.79 Å². The summed E-state index contributed by atoms with van der Waals surface area (Å²) < 4.78 is 0. The molecule has 2 aliphatic carbocycles. The van der Waals surface area contributed by atoms with Crippen molar-refractivity contribution in [2.45, 2.75) is 38.5 Å². The molecule has 2 aliphatic rings. The minimum atomic E-state index is -0.0494. The van der Waals surface area contributed by atoms with Crippen LogP contribution in [0.1, 0.15) is 38.5 Å². The Morgan fingerprint density at radius 1 is 1.08 bits per heavy atom. The summed E-state index contributed by atoms with van der Waals surface area (Å²) in [6.07, 6.45) is 7.50. The molecule has 0 aromatic rings. The molecule has 2 nitrogen and oxygen atoms in total. The molecule has 12 heavy (non-hydrogen) atoms. The fourth-order valence-corrected chi connectivity index (χ4v) is 2.82. The Kier molecular flexibility index (Phi) is 2.07. The molecule has 2 saturated carbocycles. The van der Waals surface area contributed by atoms with E-state index < -0.39 is 0 Å². The average Bonchev–Trinajstić information content (AvgIpc) is 2.10. The van der Waals surface area contributed by atoms with Gasteiger partial charge in [-0.2, -0.15) is 0 Å². The smallest absolute Gasteiger partial charge is 0.220 e. The SMILES string of the molecule is NC(=O)C1CCCCC2CCC21. The Morgan fingerprint density at radius 3 is 2.42 bits per heavy atom. The maximum Gasteiger partial charge on any atom is 0.220 e. The van der Waals surface area contributed by atoms with Gasteiger partial charge in [0.05, 0.1) is 0 Å². The highest BCUT2D eigenvalue weighted by Crippen LogP contribution is 2.46. The minimum absolute atomic E-state index is 0.0494. The van der Waals surface area contributed by atoms with Crippen molar-refractivity contribution >= 4 is 5.91 Å². The van der Waals surface area contributed by atoms with Gasteiger partial charge in [0, 0.05) is 5.92 Å². The molecule has 0 aliphatic heterocycles. The molecule has 68 valence electrons. The number of nitrogens with two attached hydrogens (primary N) is 1. The summed E-state index contributed by atoms with van der Waals surface area (Å²) in [5, 5.41) is 0. The third kappa shape index (κ3) is 1.23. The molecule has 0 spiro atoms. The van der Waals surface area contributed by atoms with E-state index in [0.29, 0.717) is 5.92 Å². The Balaban J connectivity index is 2.05. The van der Waals surface area contributed by atoms with E-state index in [1.807, 2.05) is 0 Å². The third-order valence-electron chi connectivity index (χ3n) is 3.70. The van der Waals surface area contributed by atoms with Gasteiger partial charge in [-0.15, -0.1) is 0 Å². The van der Waals surface area contributed by atoms with Crippen LogP contribution in [0.2, 0.25) is 0 Å². The molecule has 2 fully saturated rings. The Bertz CT molecular complexity index is 190. The number of hydrogen-bond donors (Lipinski definition) is 1. The predicted octanol–water partition coefficient (Wildman–Crippen LogP) is 1.69. The number of fused-ring (bicyclic) bond motifs is 1. The predicted molar refractivity (Wildman–Crippen MR) is 47.4 cm³/mol. The largest absolute Gasteiger partial charge is 0.369 e. The monoisotopic (exact) mass is 167 g/mol. The van der Waals surface area contributed by atoms with E-state index in [4.69, 9.17) is 5.73 Å². The molecule has 3 atom stereocenters. The maximum absolute atomic E-state index is 11.1. The topological polar surface area (TPSA) is 43.1 Å². The zero-order chi connectivity index (χ0) is 8.55. The molecule has 0 aromatic heterocycles. The van der Waals surface area contributed by atoms with Gasteiger partial charge >= 0.3 is 0 Å². The highest BCUT2D eigenvalue weighted by molar-refractivity contribution is 5.77.